The van der Waals surface area contributed by atoms with Crippen molar-refractivity contribution in [2.75, 3.05) is 19.6 Å². The first kappa shape index (κ1) is 45.1. The average Bonchev–Trinajstić information content (AvgIpc) is 2.62. The summed E-state index contributed by atoms with van der Waals surface area (Å²) < 4.78 is 0. The summed E-state index contributed by atoms with van der Waals surface area (Å²) in [4.78, 5) is 9.87. The van der Waals surface area contributed by atoms with Crippen molar-refractivity contribution in [3.05, 3.63) is 319 Å². The topological polar surface area (TPSA) is 13.0 Å². The lowest BCUT2D eigenvalue weighted by Crippen LogP contribution is -2.61. The van der Waals surface area contributed by atoms with Crippen molar-refractivity contribution in [2.24, 2.45) is 0 Å². The number of benzene rings is 12. The lowest BCUT2D eigenvalue weighted by atomic mass is 9.33. The standard InChI is InChI=1S/C74H51BN4/c1-50-38-45-70-68(46-50)75-67-36-20-21-37-69(67)79(57-43-44-66-62(47-57)61-32-16-19-35-65(61)74(66)63-33-17-14-30-59(63)60-31-15-18-34-64(60)74)72-49-58(77(53-26-10-4-11-27-53)54-28-12-5-13-29-54)48-71(73(72)75)78(70)56-41-39-55(40-42-56)76(51-22-6-2-7-23-51)52-24-8-3-9-25-52/h2-49H,1H3. The fourth-order valence-electron chi connectivity index (χ4n) is 13.9. The van der Waals surface area contributed by atoms with Gasteiger partial charge in [0, 0.05) is 62.6 Å². The van der Waals surface area contributed by atoms with Crippen molar-refractivity contribution in [1.82, 2.24) is 0 Å². The van der Waals surface area contributed by atoms with Crippen molar-refractivity contribution in [3.8, 4) is 22.3 Å². The predicted molar refractivity (Wildman–Crippen MR) is 331 cm³/mol. The van der Waals surface area contributed by atoms with Crippen LogP contribution in [0.25, 0.3) is 22.3 Å². The third-order valence-corrected chi connectivity index (χ3v) is 17.0. The number of hydrogen-bond acceptors (Lipinski definition) is 4. The van der Waals surface area contributed by atoms with E-state index in [1.54, 1.807) is 0 Å². The normalized spacial score (nSPS) is 13.4. The molecule has 79 heavy (non-hydrogen) atoms. The molecule has 0 fully saturated rings. The van der Waals surface area contributed by atoms with Gasteiger partial charge in [0.05, 0.1) is 11.1 Å². The molecule has 2 aliphatic heterocycles. The minimum absolute atomic E-state index is 0.0459. The van der Waals surface area contributed by atoms with Gasteiger partial charge in [-0.25, -0.2) is 0 Å². The Labute approximate surface area is 462 Å². The summed E-state index contributed by atoms with van der Waals surface area (Å²) in [5.74, 6) is 0. The van der Waals surface area contributed by atoms with E-state index in [0.29, 0.717) is 0 Å². The van der Waals surface area contributed by atoms with Crippen molar-refractivity contribution in [2.45, 2.75) is 12.3 Å². The number of nitrogens with zero attached hydrogens (tertiary/aromatic N) is 4. The first-order chi connectivity index (χ1) is 39.1. The molecule has 0 bridgehead atoms. The van der Waals surface area contributed by atoms with Crippen LogP contribution in [0.5, 0.6) is 0 Å². The van der Waals surface area contributed by atoms with E-state index >= 15 is 0 Å². The van der Waals surface area contributed by atoms with E-state index in [-0.39, 0.29) is 6.71 Å². The Bertz CT molecular complexity index is 4230. The quantitative estimate of drug-likeness (QED) is 0.141. The highest BCUT2D eigenvalue weighted by molar-refractivity contribution is 7.00. The van der Waals surface area contributed by atoms with Gasteiger partial charge in [0.1, 0.15) is 0 Å². The molecule has 0 atom stereocenters. The molecule has 0 saturated carbocycles. The Hall–Kier alpha value is -10.1. The van der Waals surface area contributed by atoms with E-state index in [1.807, 2.05) is 0 Å². The van der Waals surface area contributed by atoms with Crippen LogP contribution >= 0.6 is 0 Å². The molecule has 2 aliphatic carbocycles. The molecule has 0 aromatic heterocycles. The van der Waals surface area contributed by atoms with Crippen LogP contribution in [-0.4, -0.2) is 6.71 Å². The monoisotopic (exact) mass is 1010 g/mol. The second-order valence-electron chi connectivity index (χ2n) is 21.3. The number of rotatable bonds is 8. The number of aryl methyl sites for hydroxylation is 1. The smallest absolute Gasteiger partial charge is 0.252 e. The van der Waals surface area contributed by atoms with Crippen molar-refractivity contribution >= 4 is 91.3 Å². The Morgan fingerprint density at radius 3 is 1.24 bits per heavy atom. The van der Waals surface area contributed by atoms with E-state index < -0.39 is 5.41 Å². The molecule has 4 nitrogen and oxygen atoms in total. The second-order valence-corrected chi connectivity index (χ2v) is 21.3. The fraction of sp³-hybridized carbons (Fsp3) is 0.0270. The van der Waals surface area contributed by atoms with Crippen LogP contribution in [0.2, 0.25) is 0 Å². The molecular formula is C74H51BN4. The van der Waals surface area contributed by atoms with Crippen LogP contribution in [0.3, 0.4) is 0 Å². The van der Waals surface area contributed by atoms with Crippen LogP contribution < -0.4 is 36.0 Å². The number of para-hydroxylation sites is 5. The Balaban J connectivity index is 0.954. The number of hydrogen-bond donors (Lipinski definition) is 0. The highest BCUT2D eigenvalue weighted by Crippen LogP contribution is 2.63. The van der Waals surface area contributed by atoms with Gasteiger partial charge in [-0.05, 0) is 177 Å². The summed E-state index contributed by atoms with van der Waals surface area (Å²) in [6.07, 6.45) is 0. The first-order valence-corrected chi connectivity index (χ1v) is 27.5. The van der Waals surface area contributed by atoms with E-state index in [2.05, 4.69) is 318 Å². The summed E-state index contributed by atoms with van der Waals surface area (Å²) in [5.41, 5.74) is 28.5. The maximum absolute atomic E-state index is 2.58. The Morgan fingerprint density at radius 1 is 0.291 bits per heavy atom. The Kier molecular flexibility index (Phi) is 10.1. The van der Waals surface area contributed by atoms with Gasteiger partial charge in [-0.2, -0.15) is 0 Å². The molecule has 5 heteroatoms. The molecule has 12 aromatic rings. The molecule has 0 unspecified atom stereocenters. The Morgan fingerprint density at radius 2 is 0.696 bits per heavy atom. The molecule has 370 valence electrons. The van der Waals surface area contributed by atoms with Crippen molar-refractivity contribution < 1.29 is 0 Å². The maximum atomic E-state index is 2.58. The summed E-state index contributed by atoms with van der Waals surface area (Å²) in [5, 5.41) is 0. The molecule has 0 radical (unpaired) electrons. The van der Waals surface area contributed by atoms with Crippen molar-refractivity contribution in [1.29, 1.82) is 0 Å². The molecule has 4 aliphatic rings. The molecule has 12 aromatic carbocycles. The second kappa shape index (κ2) is 17.7. The third-order valence-electron chi connectivity index (χ3n) is 17.0. The molecular weight excluding hydrogens is 956 g/mol. The zero-order valence-corrected chi connectivity index (χ0v) is 43.6. The van der Waals surface area contributed by atoms with Gasteiger partial charge in [-0.3, -0.25) is 0 Å². The first-order valence-electron chi connectivity index (χ1n) is 27.5. The maximum Gasteiger partial charge on any atom is 0.252 e. The van der Waals surface area contributed by atoms with E-state index in [4.69, 9.17) is 0 Å². The van der Waals surface area contributed by atoms with Crippen LogP contribution in [0, 0.1) is 6.92 Å². The van der Waals surface area contributed by atoms with Crippen LogP contribution in [0.4, 0.5) is 68.2 Å². The SMILES string of the molecule is Cc1ccc2c(c1)B1c3ccccc3N(c3ccc4c(c3)-c3ccccc3C43c4ccccc4-c4ccccc43)c3cc(N(c4ccccc4)c4ccccc4)cc(c31)N2c1ccc(N(c2ccccc2)c2ccccc2)cc1. The van der Waals surface area contributed by atoms with E-state index in [0.717, 1.165) is 56.9 Å². The van der Waals surface area contributed by atoms with Gasteiger partial charge in [0.25, 0.3) is 6.71 Å². The van der Waals surface area contributed by atoms with Crippen LogP contribution in [0.1, 0.15) is 27.8 Å². The van der Waals surface area contributed by atoms with Crippen LogP contribution in [0.15, 0.2) is 291 Å². The highest BCUT2D eigenvalue weighted by Gasteiger charge is 2.52. The largest absolute Gasteiger partial charge is 0.311 e. The molecule has 0 N–H and O–H groups in total. The molecule has 2 heterocycles. The van der Waals surface area contributed by atoms with Gasteiger partial charge in [0.2, 0.25) is 0 Å². The lowest BCUT2D eigenvalue weighted by molar-refractivity contribution is 0.794. The highest BCUT2D eigenvalue weighted by atomic mass is 15.2. The van der Waals surface area contributed by atoms with Crippen molar-refractivity contribution in [3.63, 3.8) is 0 Å². The summed E-state index contributed by atoms with van der Waals surface area (Å²) >= 11 is 0. The average molecular weight is 1010 g/mol. The van der Waals surface area contributed by atoms with Gasteiger partial charge >= 0.3 is 0 Å². The molecule has 0 saturated heterocycles. The molecule has 0 amide bonds. The number of anilines is 12. The third kappa shape index (κ3) is 6.69. The molecule has 1 spiro atoms. The van der Waals surface area contributed by atoms with Crippen LogP contribution in [-0.2, 0) is 5.41 Å². The summed E-state index contributed by atoms with van der Waals surface area (Å²) in [6, 6.07) is 108. The minimum atomic E-state index is -0.440. The zero-order chi connectivity index (χ0) is 52.2. The van der Waals surface area contributed by atoms with Gasteiger partial charge < -0.3 is 19.6 Å². The van der Waals surface area contributed by atoms with Gasteiger partial charge in [-0.1, -0.05) is 188 Å². The fourth-order valence-corrected chi connectivity index (χ4v) is 13.9. The zero-order valence-electron chi connectivity index (χ0n) is 43.6. The van der Waals surface area contributed by atoms with Gasteiger partial charge in [0.15, 0.2) is 0 Å². The van der Waals surface area contributed by atoms with E-state index in [9.17, 15) is 0 Å². The van der Waals surface area contributed by atoms with Gasteiger partial charge in [-0.15, -0.1) is 0 Å². The lowest BCUT2D eigenvalue weighted by Gasteiger charge is -2.45. The number of fused-ring (bicyclic) bond motifs is 14. The van der Waals surface area contributed by atoms with E-state index in [1.165, 1.54) is 77.8 Å². The predicted octanol–water partition coefficient (Wildman–Crippen LogP) is 17.4. The summed E-state index contributed by atoms with van der Waals surface area (Å²) in [7, 11) is 0. The minimum Gasteiger partial charge on any atom is -0.311 e. The summed E-state index contributed by atoms with van der Waals surface area (Å²) in [6.45, 7) is 2.19. The molecule has 16 rings (SSSR count).